The molecule has 2 rings (SSSR count). The maximum Gasteiger partial charge on any atom is 0.327 e. The van der Waals surface area contributed by atoms with Gasteiger partial charge in [-0.15, -0.1) is 0 Å². The number of amides is 2. The second-order valence-electron chi connectivity index (χ2n) is 6.84. The van der Waals surface area contributed by atoms with E-state index in [2.05, 4.69) is 28.5 Å². The zero-order chi connectivity index (χ0) is 23.0. The first kappa shape index (κ1) is 24.3. The molecule has 166 valence electrons. The molecular formula is C22H27ClN4O3S. The van der Waals surface area contributed by atoms with Gasteiger partial charge in [0.05, 0.1) is 5.03 Å². The standard InChI is InChI=1S/C22H27ClN4O3S/c1-6-7-18(23)14-30-20-10-8-19(9-11-20)24-21-12-16(3)27(22(28)25-21)13-15(2)17(4)26-31(5)29/h6-12,14-15,24,26H,3-4,13H2,1-2,5H3,(H,25,28)/b7-6-,18-14-/t15-,31?/m0/s1. The van der Waals surface area contributed by atoms with E-state index in [-0.39, 0.29) is 11.9 Å². The second-order valence-corrected chi connectivity index (χ2v) is 8.39. The van der Waals surface area contributed by atoms with Gasteiger partial charge in [0.2, 0.25) is 0 Å². The van der Waals surface area contributed by atoms with Crippen molar-refractivity contribution in [1.29, 1.82) is 0 Å². The number of rotatable bonds is 10. The summed E-state index contributed by atoms with van der Waals surface area (Å²) in [7, 11) is -1.21. The van der Waals surface area contributed by atoms with E-state index in [0.29, 0.717) is 34.5 Å². The van der Waals surface area contributed by atoms with E-state index in [9.17, 15) is 9.00 Å². The third-order valence-corrected chi connectivity index (χ3v) is 5.00. The van der Waals surface area contributed by atoms with Gasteiger partial charge in [-0.1, -0.05) is 37.8 Å². The molecule has 31 heavy (non-hydrogen) atoms. The van der Waals surface area contributed by atoms with E-state index in [1.54, 1.807) is 24.3 Å². The number of anilines is 1. The number of halogens is 1. The van der Waals surface area contributed by atoms with Gasteiger partial charge in [-0.05, 0) is 37.3 Å². The Morgan fingerprint density at radius 1 is 1.39 bits per heavy atom. The van der Waals surface area contributed by atoms with E-state index < -0.39 is 11.0 Å². The number of carbonyl (C=O) groups excluding carboxylic acids is 1. The first-order chi connectivity index (χ1) is 14.7. The van der Waals surface area contributed by atoms with Gasteiger partial charge >= 0.3 is 6.03 Å². The predicted molar refractivity (Wildman–Crippen MR) is 127 cm³/mol. The van der Waals surface area contributed by atoms with Crippen LogP contribution in [0.25, 0.3) is 0 Å². The number of carbonyl (C=O) groups is 1. The lowest BCUT2D eigenvalue weighted by atomic mass is 10.1. The van der Waals surface area contributed by atoms with Crippen molar-refractivity contribution >= 4 is 34.3 Å². The van der Waals surface area contributed by atoms with E-state index >= 15 is 0 Å². The molecule has 1 aromatic rings. The lowest BCUT2D eigenvalue weighted by Gasteiger charge is -2.31. The Kier molecular flexibility index (Phi) is 8.96. The monoisotopic (exact) mass is 462 g/mol. The molecule has 0 saturated heterocycles. The normalized spacial score (nSPS) is 16.5. The van der Waals surface area contributed by atoms with Gasteiger partial charge in [0, 0.05) is 41.9 Å². The summed E-state index contributed by atoms with van der Waals surface area (Å²) in [6.07, 6.45) is 8.27. The lowest BCUT2D eigenvalue weighted by molar-refractivity contribution is 0.209. The molecule has 0 bridgehead atoms. The smallest absolute Gasteiger partial charge is 0.327 e. The highest BCUT2D eigenvalue weighted by Gasteiger charge is 2.25. The molecule has 1 aliphatic rings. The fraction of sp³-hybridized carbons (Fsp3) is 0.227. The van der Waals surface area contributed by atoms with Gasteiger partial charge in [-0.2, -0.15) is 0 Å². The largest absolute Gasteiger partial charge is 0.463 e. The Morgan fingerprint density at radius 2 is 2.06 bits per heavy atom. The Labute approximate surface area is 190 Å². The van der Waals surface area contributed by atoms with Crippen molar-refractivity contribution in [2.75, 3.05) is 18.1 Å². The first-order valence-electron chi connectivity index (χ1n) is 9.49. The molecule has 1 unspecified atom stereocenters. The Hall–Kier alpha value is -2.97. The summed E-state index contributed by atoms with van der Waals surface area (Å²) < 4.78 is 19.6. The summed E-state index contributed by atoms with van der Waals surface area (Å²) in [5.41, 5.74) is 1.89. The molecule has 0 aromatic heterocycles. The Balaban J connectivity index is 1.98. The summed E-state index contributed by atoms with van der Waals surface area (Å²) in [4.78, 5) is 14.1. The molecule has 2 atom stereocenters. The van der Waals surface area contributed by atoms with Crippen molar-refractivity contribution in [3.63, 3.8) is 0 Å². The number of urea groups is 1. The van der Waals surface area contributed by atoms with Gasteiger partial charge in [-0.3, -0.25) is 10.2 Å². The third-order valence-electron chi connectivity index (χ3n) is 4.24. The minimum absolute atomic E-state index is 0.114. The predicted octanol–water partition coefficient (Wildman–Crippen LogP) is 4.55. The van der Waals surface area contributed by atoms with Crippen LogP contribution in [0.1, 0.15) is 13.8 Å². The average Bonchev–Trinajstić information content (AvgIpc) is 2.70. The van der Waals surface area contributed by atoms with Crippen LogP contribution in [-0.2, 0) is 11.0 Å². The quantitative estimate of drug-likeness (QED) is 0.352. The number of ether oxygens (including phenoxy) is 1. The average molecular weight is 463 g/mol. The van der Waals surface area contributed by atoms with Crippen LogP contribution in [0.4, 0.5) is 10.5 Å². The van der Waals surface area contributed by atoms with E-state index in [1.165, 1.54) is 17.4 Å². The maximum atomic E-state index is 12.6. The number of nitrogens with one attached hydrogen (secondary N) is 3. The van der Waals surface area contributed by atoms with Crippen molar-refractivity contribution in [3.8, 4) is 5.75 Å². The fourth-order valence-electron chi connectivity index (χ4n) is 2.63. The highest BCUT2D eigenvalue weighted by molar-refractivity contribution is 7.82. The number of nitrogens with zero attached hydrogens (tertiary/aromatic N) is 1. The summed E-state index contributed by atoms with van der Waals surface area (Å²) in [6.45, 7) is 12.0. The van der Waals surface area contributed by atoms with E-state index in [4.69, 9.17) is 16.3 Å². The highest BCUT2D eigenvalue weighted by atomic mass is 35.5. The fourth-order valence-corrected chi connectivity index (χ4v) is 3.37. The summed E-state index contributed by atoms with van der Waals surface area (Å²) in [6, 6.07) is 6.89. The van der Waals surface area contributed by atoms with Crippen LogP contribution in [0, 0.1) is 5.92 Å². The molecule has 1 aliphatic heterocycles. The number of benzene rings is 1. The minimum atomic E-state index is -1.21. The lowest BCUT2D eigenvalue weighted by Crippen LogP contribution is -2.45. The minimum Gasteiger partial charge on any atom is -0.463 e. The van der Waals surface area contributed by atoms with Crippen molar-refractivity contribution in [2.24, 2.45) is 5.92 Å². The van der Waals surface area contributed by atoms with Crippen molar-refractivity contribution in [1.82, 2.24) is 14.9 Å². The number of hydrogen-bond donors (Lipinski definition) is 3. The topological polar surface area (TPSA) is 82.7 Å². The third kappa shape index (κ3) is 7.66. The highest BCUT2D eigenvalue weighted by Crippen LogP contribution is 2.21. The molecule has 9 heteroatoms. The molecular weight excluding hydrogens is 436 g/mol. The van der Waals surface area contributed by atoms with Crippen LogP contribution >= 0.6 is 11.6 Å². The molecule has 3 N–H and O–H groups in total. The molecule has 0 aliphatic carbocycles. The van der Waals surface area contributed by atoms with Crippen LogP contribution in [0.2, 0.25) is 0 Å². The number of allylic oxidation sites excluding steroid dienone is 4. The number of hydrogen-bond acceptors (Lipinski definition) is 4. The van der Waals surface area contributed by atoms with Gasteiger partial charge in [-0.25, -0.2) is 9.00 Å². The van der Waals surface area contributed by atoms with Gasteiger partial charge < -0.3 is 14.8 Å². The zero-order valence-electron chi connectivity index (χ0n) is 17.8. The molecule has 1 heterocycles. The molecule has 0 spiro atoms. The van der Waals surface area contributed by atoms with Crippen molar-refractivity contribution in [3.05, 3.63) is 84.2 Å². The Morgan fingerprint density at radius 3 is 2.65 bits per heavy atom. The summed E-state index contributed by atoms with van der Waals surface area (Å²) in [5.74, 6) is 1.02. The van der Waals surface area contributed by atoms with Gasteiger partial charge in [0.1, 0.15) is 28.8 Å². The van der Waals surface area contributed by atoms with Gasteiger partial charge in [0.25, 0.3) is 0 Å². The summed E-state index contributed by atoms with van der Waals surface area (Å²) in [5, 5.41) is 6.43. The molecule has 0 radical (unpaired) electrons. The van der Waals surface area contributed by atoms with Crippen LogP contribution in [0.15, 0.2) is 84.2 Å². The van der Waals surface area contributed by atoms with Crippen LogP contribution in [-0.4, -0.2) is 27.9 Å². The molecule has 0 saturated carbocycles. The van der Waals surface area contributed by atoms with E-state index in [0.717, 1.165) is 5.69 Å². The molecule has 2 amide bonds. The maximum absolute atomic E-state index is 12.6. The molecule has 7 nitrogen and oxygen atoms in total. The van der Waals surface area contributed by atoms with Crippen LogP contribution in [0.3, 0.4) is 0 Å². The SMILES string of the molecule is C=C(NS(C)=O)[C@@H](C)CN1C(=C)C=C(Nc2ccc(O/C=C(Cl)/C=C\C)cc2)NC1=O. The summed E-state index contributed by atoms with van der Waals surface area (Å²) >= 11 is 5.96. The van der Waals surface area contributed by atoms with Crippen molar-refractivity contribution in [2.45, 2.75) is 13.8 Å². The van der Waals surface area contributed by atoms with Gasteiger partial charge in [0.15, 0.2) is 0 Å². The van der Waals surface area contributed by atoms with Crippen molar-refractivity contribution < 1.29 is 13.7 Å². The first-order valence-corrected chi connectivity index (χ1v) is 11.4. The Bertz CT molecular complexity index is 954. The van der Waals surface area contributed by atoms with Crippen LogP contribution < -0.4 is 20.1 Å². The second kappa shape index (κ2) is 11.4. The molecule has 0 fully saturated rings. The zero-order valence-corrected chi connectivity index (χ0v) is 19.3. The van der Waals surface area contributed by atoms with E-state index in [1.807, 2.05) is 32.1 Å². The molecule has 1 aromatic carbocycles. The van der Waals surface area contributed by atoms with Crippen LogP contribution in [0.5, 0.6) is 5.75 Å².